The molecule has 138 valence electrons. The molecular formula is C16H19N5O5. The minimum absolute atomic E-state index is 0.0356. The second-order valence-electron chi connectivity index (χ2n) is 5.82. The summed E-state index contributed by atoms with van der Waals surface area (Å²) in [6.07, 6.45) is 0.425. The summed E-state index contributed by atoms with van der Waals surface area (Å²) in [5.41, 5.74) is 4.94. The summed E-state index contributed by atoms with van der Waals surface area (Å²) in [5, 5.41) is 17.6. The topological polar surface area (TPSA) is 142 Å². The van der Waals surface area contributed by atoms with Gasteiger partial charge in [0.15, 0.2) is 6.10 Å². The number of aromatic nitrogens is 2. The van der Waals surface area contributed by atoms with Gasteiger partial charge in [-0.1, -0.05) is 0 Å². The first-order valence-corrected chi connectivity index (χ1v) is 7.80. The number of carbonyl (C=O) groups excluding carboxylic acids is 2. The molecule has 3 N–H and O–H groups in total. The highest BCUT2D eigenvalue weighted by Crippen LogP contribution is 2.23. The lowest BCUT2D eigenvalue weighted by Crippen LogP contribution is -2.31. The molecule has 10 nitrogen and oxygen atoms in total. The normalized spacial score (nSPS) is 11.8. The standard InChI is InChI=1S/C16H19N5O5/c1-9(2)20-14(6-7-18-20)19-15(22)10(3)26-16(23)11-4-5-12(17)13(8-11)21(24)25/h4-10H,17H2,1-3H3,(H,19,22)/t10-/m0/s1. The maximum atomic E-state index is 12.2. The van der Waals surface area contributed by atoms with Crippen LogP contribution < -0.4 is 11.1 Å². The van der Waals surface area contributed by atoms with Crippen molar-refractivity contribution in [3.8, 4) is 0 Å². The van der Waals surface area contributed by atoms with E-state index >= 15 is 0 Å². The number of anilines is 2. The first kappa shape index (κ1) is 18.9. The lowest BCUT2D eigenvalue weighted by molar-refractivity contribution is -0.383. The quantitative estimate of drug-likeness (QED) is 0.347. The predicted molar refractivity (Wildman–Crippen MR) is 93.6 cm³/mol. The number of nitrogens with zero attached hydrogens (tertiary/aromatic N) is 3. The summed E-state index contributed by atoms with van der Waals surface area (Å²) in [4.78, 5) is 34.6. The predicted octanol–water partition coefficient (Wildman–Crippen LogP) is 2.14. The molecule has 1 aromatic heterocycles. The molecule has 0 radical (unpaired) electrons. The van der Waals surface area contributed by atoms with E-state index in [4.69, 9.17) is 10.5 Å². The number of ether oxygens (including phenoxy) is 1. The van der Waals surface area contributed by atoms with Crippen molar-refractivity contribution in [2.75, 3.05) is 11.1 Å². The van der Waals surface area contributed by atoms with Gasteiger partial charge >= 0.3 is 5.97 Å². The zero-order valence-electron chi connectivity index (χ0n) is 14.5. The second-order valence-corrected chi connectivity index (χ2v) is 5.82. The number of hydrogen-bond acceptors (Lipinski definition) is 7. The Morgan fingerprint density at radius 2 is 2.00 bits per heavy atom. The summed E-state index contributed by atoms with van der Waals surface area (Å²) in [6, 6.07) is 5.20. The van der Waals surface area contributed by atoms with Crippen LogP contribution in [0.5, 0.6) is 0 Å². The zero-order valence-corrected chi connectivity index (χ0v) is 14.5. The highest BCUT2D eigenvalue weighted by atomic mass is 16.6. The van der Waals surface area contributed by atoms with Crippen molar-refractivity contribution in [2.45, 2.75) is 32.9 Å². The molecule has 0 aliphatic heterocycles. The van der Waals surface area contributed by atoms with Gasteiger partial charge in [-0.2, -0.15) is 5.10 Å². The van der Waals surface area contributed by atoms with E-state index in [2.05, 4.69) is 10.4 Å². The van der Waals surface area contributed by atoms with Gasteiger partial charge in [-0.15, -0.1) is 0 Å². The Balaban J connectivity index is 2.07. The van der Waals surface area contributed by atoms with Crippen LogP contribution in [0.3, 0.4) is 0 Å². The zero-order chi connectivity index (χ0) is 19.4. The number of benzene rings is 1. The number of nitrogens with one attached hydrogen (secondary N) is 1. The van der Waals surface area contributed by atoms with Gasteiger partial charge in [0, 0.05) is 18.2 Å². The highest BCUT2D eigenvalue weighted by molar-refractivity contribution is 5.97. The van der Waals surface area contributed by atoms with Crippen LogP contribution in [0.4, 0.5) is 17.2 Å². The summed E-state index contributed by atoms with van der Waals surface area (Å²) >= 11 is 0. The summed E-state index contributed by atoms with van der Waals surface area (Å²) in [7, 11) is 0. The minimum Gasteiger partial charge on any atom is -0.449 e. The van der Waals surface area contributed by atoms with Crippen molar-refractivity contribution >= 4 is 29.1 Å². The Kier molecular flexibility index (Phi) is 5.55. The number of nitro benzene ring substituents is 1. The molecule has 0 fully saturated rings. The molecule has 2 rings (SSSR count). The van der Waals surface area contributed by atoms with E-state index in [0.29, 0.717) is 5.82 Å². The van der Waals surface area contributed by atoms with E-state index in [1.54, 1.807) is 16.9 Å². The van der Waals surface area contributed by atoms with Crippen molar-refractivity contribution in [1.29, 1.82) is 0 Å². The molecular weight excluding hydrogens is 342 g/mol. The largest absolute Gasteiger partial charge is 0.449 e. The first-order chi connectivity index (χ1) is 12.2. The van der Waals surface area contributed by atoms with E-state index in [1.807, 2.05) is 13.8 Å². The third kappa shape index (κ3) is 4.15. The number of nitrogens with two attached hydrogens (primary N) is 1. The number of esters is 1. The van der Waals surface area contributed by atoms with Crippen molar-refractivity contribution in [1.82, 2.24) is 9.78 Å². The number of rotatable bonds is 6. The molecule has 1 aromatic carbocycles. The van der Waals surface area contributed by atoms with Crippen LogP contribution in [0.2, 0.25) is 0 Å². The van der Waals surface area contributed by atoms with Gasteiger partial charge in [0.25, 0.3) is 11.6 Å². The van der Waals surface area contributed by atoms with Gasteiger partial charge in [0.05, 0.1) is 16.7 Å². The summed E-state index contributed by atoms with van der Waals surface area (Å²) in [6.45, 7) is 5.20. The van der Waals surface area contributed by atoms with E-state index < -0.39 is 28.6 Å². The monoisotopic (exact) mass is 361 g/mol. The fraction of sp³-hybridized carbons (Fsp3) is 0.312. The summed E-state index contributed by atoms with van der Waals surface area (Å²) in [5.74, 6) is -0.949. The fourth-order valence-electron chi connectivity index (χ4n) is 2.16. The maximum absolute atomic E-state index is 12.2. The van der Waals surface area contributed by atoms with Gasteiger partial charge in [-0.3, -0.25) is 14.9 Å². The van der Waals surface area contributed by atoms with Crippen molar-refractivity contribution < 1.29 is 19.2 Å². The van der Waals surface area contributed by atoms with Gasteiger partial charge < -0.3 is 15.8 Å². The number of hydrogen-bond donors (Lipinski definition) is 2. The van der Waals surface area contributed by atoms with Gasteiger partial charge in [0.1, 0.15) is 11.5 Å². The van der Waals surface area contributed by atoms with E-state index in [1.165, 1.54) is 19.1 Å². The Labute approximate surface area is 149 Å². The molecule has 26 heavy (non-hydrogen) atoms. The van der Waals surface area contributed by atoms with Crippen LogP contribution in [0.25, 0.3) is 0 Å². The molecule has 0 aliphatic rings. The third-order valence-corrected chi connectivity index (χ3v) is 3.53. The summed E-state index contributed by atoms with van der Waals surface area (Å²) < 4.78 is 6.68. The van der Waals surface area contributed by atoms with Crippen molar-refractivity contribution in [2.24, 2.45) is 0 Å². The van der Waals surface area contributed by atoms with Crippen LogP contribution >= 0.6 is 0 Å². The van der Waals surface area contributed by atoms with Crippen LogP contribution in [0.15, 0.2) is 30.5 Å². The number of amides is 1. The van der Waals surface area contributed by atoms with Crippen LogP contribution in [0, 0.1) is 10.1 Å². The first-order valence-electron chi connectivity index (χ1n) is 7.80. The third-order valence-electron chi connectivity index (χ3n) is 3.53. The Morgan fingerprint density at radius 1 is 1.31 bits per heavy atom. The lowest BCUT2D eigenvalue weighted by atomic mass is 10.2. The highest BCUT2D eigenvalue weighted by Gasteiger charge is 2.22. The number of nitrogen functional groups attached to an aromatic ring is 1. The number of nitro groups is 1. The molecule has 0 aliphatic carbocycles. The van der Waals surface area contributed by atoms with Crippen LogP contribution in [-0.4, -0.2) is 32.7 Å². The average molecular weight is 361 g/mol. The minimum atomic E-state index is -1.12. The van der Waals surface area contributed by atoms with Crippen LogP contribution in [-0.2, 0) is 9.53 Å². The number of carbonyl (C=O) groups is 2. The SMILES string of the molecule is CC(C)n1nccc1NC(=O)[C@H](C)OC(=O)c1ccc(N)c([N+](=O)[O-])c1. The maximum Gasteiger partial charge on any atom is 0.339 e. The molecule has 0 bridgehead atoms. The van der Waals surface area contributed by atoms with E-state index in [9.17, 15) is 19.7 Å². The van der Waals surface area contributed by atoms with Gasteiger partial charge in [0.2, 0.25) is 0 Å². The smallest absolute Gasteiger partial charge is 0.339 e. The second kappa shape index (κ2) is 7.64. The molecule has 1 amide bonds. The molecule has 1 atom stereocenters. The van der Waals surface area contributed by atoms with Gasteiger partial charge in [-0.25, -0.2) is 9.48 Å². The van der Waals surface area contributed by atoms with Crippen molar-refractivity contribution in [3.63, 3.8) is 0 Å². The molecule has 2 aromatic rings. The Morgan fingerprint density at radius 3 is 2.62 bits per heavy atom. The van der Waals surface area contributed by atoms with E-state index in [-0.39, 0.29) is 17.3 Å². The van der Waals surface area contributed by atoms with Crippen molar-refractivity contribution in [3.05, 3.63) is 46.1 Å². The van der Waals surface area contributed by atoms with E-state index in [0.717, 1.165) is 6.07 Å². The Hall–Kier alpha value is -3.43. The average Bonchev–Trinajstić information content (AvgIpc) is 3.03. The molecule has 0 saturated heterocycles. The Bertz CT molecular complexity index is 845. The van der Waals surface area contributed by atoms with Gasteiger partial charge in [-0.05, 0) is 32.9 Å². The van der Waals surface area contributed by atoms with Crippen LogP contribution in [0.1, 0.15) is 37.2 Å². The lowest BCUT2D eigenvalue weighted by Gasteiger charge is -2.15. The fourth-order valence-corrected chi connectivity index (χ4v) is 2.16. The molecule has 0 saturated carbocycles. The molecule has 10 heteroatoms. The molecule has 0 spiro atoms. The molecule has 1 heterocycles. The molecule has 0 unspecified atom stereocenters.